The first-order chi connectivity index (χ1) is 11.2. The second-order valence-electron chi connectivity index (χ2n) is 4.77. The SMILES string of the molecule is Cc1cc(NC(=O)CNc2cc(Cl)ccc2OCC(F)(F)F)no1. The molecule has 0 aliphatic rings. The van der Waals surface area contributed by atoms with Crippen LogP contribution >= 0.6 is 11.6 Å². The largest absolute Gasteiger partial charge is 0.482 e. The van der Waals surface area contributed by atoms with Crippen molar-refractivity contribution in [3.8, 4) is 5.75 Å². The molecule has 0 unspecified atom stereocenters. The van der Waals surface area contributed by atoms with Crippen LogP contribution in [0.15, 0.2) is 28.8 Å². The van der Waals surface area contributed by atoms with Crippen molar-refractivity contribution in [1.82, 2.24) is 5.16 Å². The van der Waals surface area contributed by atoms with Gasteiger partial charge in [-0.05, 0) is 25.1 Å². The molecule has 130 valence electrons. The van der Waals surface area contributed by atoms with Crippen LogP contribution in [0, 0.1) is 6.92 Å². The third-order valence-corrected chi connectivity index (χ3v) is 2.90. The molecule has 0 aliphatic carbocycles. The van der Waals surface area contributed by atoms with E-state index in [4.69, 9.17) is 20.9 Å². The first-order valence-electron chi connectivity index (χ1n) is 6.69. The molecule has 2 N–H and O–H groups in total. The number of anilines is 2. The van der Waals surface area contributed by atoms with E-state index in [0.29, 0.717) is 5.76 Å². The van der Waals surface area contributed by atoms with Crippen LogP contribution in [-0.2, 0) is 4.79 Å². The Kier molecular flexibility index (Phi) is 5.55. The smallest absolute Gasteiger partial charge is 0.422 e. The molecule has 6 nitrogen and oxygen atoms in total. The highest BCUT2D eigenvalue weighted by Gasteiger charge is 2.28. The van der Waals surface area contributed by atoms with E-state index in [2.05, 4.69) is 15.8 Å². The van der Waals surface area contributed by atoms with Gasteiger partial charge >= 0.3 is 6.18 Å². The summed E-state index contributed by atoms with van der Waals surface area (Å²) in [5.74, 6) is 0.224. The van der Waals surface area contributed by atoms with Crippen LogP contribution in [0.25, 0.3) is 0 Å². The predicted molar refractivity (Wildman–Crippen MR) is 81.4 cm³/mol. The minimum Gasteiger partial charge on any atom is -0.482 e. The van der Waals surface area contributed by atoms with E-state index in [9.17, 15) is 18.0 Å². The van der Waals surface area contributed by atoms with Crippen LogP contribution in [0.2, 0.25) is 5.02 Å². The van der Waals surface area contributed by atoms with Crippen molar-refractivity contribution < 1.29 is 27.2 Å². The number of hydrogen-bond acceptors (Lipinski definition) is 5. The van der Waals surface area contributed by atoms with E-state index in [1.54, 1.807) is 6.92 Å². The van der Waals surface area contributed by atoms with E-state index in [1.165, 1.54) is 24.3 Å². The van der Waals surface area contributed by atoms with Crippen molar-refractivity contribution >= 4 is 29.0 Å². The Morgan fingerprint density at radius 2 is 2.12 bits per heavy atom. The van der Waals surface area contributed by atoms with Gasteiger partial charge in [-0.2, -0.15) is 13.2 Å². The highest BCUT2D eigenvalue weighted by atomic mass is 35.5. The zero-order valence-corrected chi connectivity index (χ0v) is 13.2. The summed E-state index contributed by atoms with van der Waals surface area (Å²) < 4.78 is 46.3. The molecule has 0 radical (unpaired) electrons. The van der Waals surface area contributed by atoms with E-state index in [0.717, 1.165) is 0 Å². The lowest BCUT2D eigenvalue weighted by Crippen LogP contribution is -2.23. The van der Waals surface area contributed by atoms with Gasteiger partial charge in [0.15, 0.2) is 12.4 Å². The molecule has 24 heavy (non-hydrogen) atoms. The van der Waals surface area contributed by atoms with Gasteiger partial charge < -0.3 is 19.9 Å². The molecule has 1 aromatic carbocycles. The summed E-state index contributed by atoms with van der Waals surface area (Å²) >= 11 is 5.81. The van der Waals surface area contributed by atoms with Gasteiger partial charge in [0.2, 0.25) is 5.91 Å². The summed E-state index contributed by atoms with van der Waals surface area (Å²) in [7, 11) is 0. The molecular weight excluding hydrogens is 351 g/mol. The maximum absolute atomic E-state index is 12.3. The number of hydrogen-bond donors (Lipinski definition) is 2. The number of nitrogens with one attached hydrogen (secondary N) is 2. The second-order valence-corrected chi connectivity index (χ2v) is 5.21. The van der Waals surface area contributed by atoms with Gasteiger partial charge in [-0.1, -0.05) is 16.8 Å². The second kappa shape index (κ2) is 7.43. The first kappa shape index (κ1) is 17.9. The topological polar surface area (TPSA) is 76.4 Å². The van der Waals surface area contributed by atoms with Crippen LogP contribution < -0.4 is 15.4 Å². The van der Waals surface area contributed by atoms with Gasteiger partial charge in [0, 0.05) is 11.1 Å². The highest BCUT2D eigenvalue weighted by molar-refractivity contribution is 6.30. The van der Waals surface area contributed by atoms with Gasteiger partial charge in [-0.3, -0.25) is 4.79 Å². The van der Waals surface area contributed by atoms with Crippen LogP contribution in [-0.4, -0.2) is 30.4 Å². The maximum Gasteiger partial charge on any atom is 0.422 e. The third kappa shape index (κ3) is 5.65. The fourth-order valence-corrected chi connectivity index (χ4v) is 1.89. The molecule has 0 saturated carbocycles. The van der Waals surface area contributed by atoms with Crippen molar-refractivity contribution in [2.45, 2.75) is 13.1 Å². The number of aryl methyl sites for hydroxylation is 1. The average Bonchev–Trinajstić information content (AvgIpc) is 2.88. The summed E-state index contributed by atoms with van der Waals surface area (Å²) in [6, 6.07) is 5.56. The van der Waals surface area contributed by atoms with Gasteiger partial charge in [0.05, 0.1) is 12.2 Å². The third-order valence-electron chi connectivity index (χ3n) is 2.67. The van der Waals surface area contributed by atoms with Gasteiger partial charge in [0.1, 0.15) is 11.5 Å². The molecule has 0 bridgehead atoms. The fraction of sp³-hybridized carbons (Fsp3) is 0.286. The number of nitrogens with zero attached hydrogens (tertiary/aromatic N) is 1. The summed E-state index contributed by atoms with van der Waals surface area (Å²) in [5.41, 5.74) is 0.165. The summed E-state index contributed by atoms with van der Waals surface area (Å²) in [5, 5.41) is 9.01. The Bertz CT molecular complexity index is 719. The minimum absolute atomic E-state index is 0.0678. The van der Waals surface area contributed by atoms with Crippen molar-refractivity contribution in [2.24, 2.45) is 0 Å². The maximum atomic E-state index is 12.3. The highest BCUT2D eigenvalue weighted by Crippen LogP contribution is 2.29. The molecule has 10 heteroatoms. The zero-order valence-electron chi connectivity index (χ0n) is 12.4. The average molecular weight is 364 g/mol. The lowest BCUT2D eigenvalue weighted by Gasteiger charge is -2.14. The number of rotatable bonds is 6. The molecule has 1 heterocycles. The fourth-order valence-electron chi connectivity index (χ4n) is 1.71. The molecule has 0 aliphatic heterocycles. The Labute approximate surface area is 139 Å². The van der Waals surface area contributed by atoms with E-state index < -0.39 is 18.7 Å². The predicted octanol–water partition coefficient (Wildman–Crippen LogP) is 3.63. The number of halogens is 4. The van der Waals surface area contributed by atoms with E-state index in [1.807, 2.05) is 0 Å². The molecular formula is C14H13ClF3N3O3. The Balaban J connectivity index is 1.97. The lowest BCUT2D eigenvalue weighted by molar-refractivity contribution is -0.153. The standard InChI is InChI=1S/C14H13ClF3N3O3/c1-8-4-12(21-24-8)20-13(22)6-19-10-5-9(15)2-3-11(10)23-7-14(16,17)18/h2-5,19H,6-7H2,1H3,(H,20,21,22). The molecule has 2 aromatic rings. The lowest BCUT2D eigenvalue weighted by atomic mass is 10.3. The van der Waals surface area contributed by atoms with Crippen molar-refractivity contribution in [3.63, 3.8) is 0 Å². The number of aromatic nitrogens is 1. The number of benzene rings is 1. The van der Waals surface area contributed by atoms with Crippen LogP contribution in [0.3, 0.4) is 0 Å². The number of amides is 1. The molecule has 0 saturated heterocycles. The van der Waals surface area contributed by atoms with Crippen molar-refractivity contribution in [1.29, 1.82) is 0 Å². The summed E-state index contributed by atoms with van der Waals surface area (Å²) in [4.78, 5) is 11.8. The van der Waals surface area contributed by atoms with E-state index >= 15 is 0 Å². The molecule has 0 atom stereocenters. The van der Waals surface area contributed by atoms with Crippen LogP contribution in [0.1, 0.15) is 5.76 Å². The Hall–Kier alpha value is -2.42. The van der Waals surface area contributed by atoms with E-state index in [-0.39, 0.29) is 28.8 Å². The van der Waals surface area contributed by atoms with Gasteiger partial charge in [-0.25, -0.2) is 0 Å². The minimum atomic E-state index is -4.47. The number of alkyl halides is 3. The molecule has 1 amide bonds. The molecule has 0 fully saturated rings. The van der Waals surface area contributed by atoms with Crippen LogP contribution in [0.4, 0.5) is 24.7 Å². The van der Waals surface area contributed by atoms with Gasteiger partial charge in [-0.15, -0.1) is 0 Å². The number of carbonyl (C=O) groups is 1. The number of ether oxygens (including phenoxy) is 1. The molecule has 0 spiro atoms. The summed E-state index contributed by atoms with van der Waals surface area (Å²) in [6.07, 6.45) is -4.47. The molecule has 1 aromatic heterocycles. The zero-order chi connectivity index (χ0) is 17.7. The Morgan fingerprint density at radius 3 is 2.75 bits per heavy atom. The number of carbonyl (C=O) groups excluding carboxylic acids is 1. The van der Waals surface area contributed by atoms with Crippen molar-refractivity contribution in [3.05, 3.63) is 35.0 Å². The van der Waals surface area contributed by atoms with Crippen LogP contribution in [0.5, 0.6) is 5.75 Å². The normalized spacial score (nSPS) is 11.2. The quantitative estimate of drug-likeness (QED) is 0.819. The van der Waals surface area contributed by atoms with Gasteiger partial charge in [0.25, 0.3) is 0 Å². The summed E-state index contributed by atoms with van der Waals surface area (Å²) in [6.45, 7) is -0.0144. The monoisotopic (exact) mass is 363 g/mol. The molecule has 2 rings (SSSR count). The van der Waals surface area contributed by atoms with Crippen molar-refractivity contribution in [2.75, 3.05) is 23.8 Å². The Morgan fingerprint density at radius 1 is 1.38 bits per heavy atom. The first-order valence-corrected chi connectivity index (χ1v) is 7.07.